The van der Waals surface area contributed by atoms with Crippen molar-refractivity contribution in [1.29, 1.82) is 0 Å². The van der Waals surface area contributed by atoms with Crippen LogP contribution in [-0.4, -0.2) is 22.0 Å². The number of para-hydroxylation sites is 1. The lowest BCUT2D eigenvalue weighted by Crippen LogP contribution is -2.23. The molecule has 0 unspecified atom stereocenters. The Labute approximate surface area is 132 Å². The zero-order chi connectivity index (χ0) is 16.2. The number of amides is 2. The van der Waals surface area contributed by atoms with Gasteiger partial charge in [0, 0.05) is 24.5 Å². The molecule has 3 aromatic rings. The van der Waals surface area contributed by atoms with E-state index in [4.69, 9.17) is 0 Å². The SMILES string of the molecule is CC(=O)Nc1ccc(CNC(=O)c2n[nH]c3ccccc23)cc1. The minimum atomic E-state index is -0.228. The molecule has 0 bridgehead atoms. The van der Waals surface area contributed by atoms with Crippen LogP contribution >= 0.6 is 0 Å². The molecule has 0 saturated heterocycles. The van der Waals surface area contributed by atoms with Crippen molar-refractivity contribution in [3.8, 4) is 0 Å². The van der Waals surface area contributed by atoms with Gasteiger partial charge in [0.2, 0.25) is 5.91 Å². The Hall–Kier alpha value is -3.15. The lowest BCUT2D eigenvalue weighted by molar-refractivity contribution is -0.114. The largest absolute Gasteiger partial charge is 0.347 e. The van der Waals surface area contributed by atoms with Gasteiger partial charge in [0.1, 0.15) is 0 Å². The van der Waals surface area contributed by atoms with Crippen LogP contribution in [0.15, 0.2) is 48.5 Å². The van der Waals surface area contributed by atoms with Crippen molar-refractivity contribution in [3.63, 3.8) is 0 Å². The Balaban J connectivity index is 1.66. The number of anilines is 1. The quantitative estimate of drug-likeness (QED) is 0.692. The first kappa shape index (κ1) is 14.8. The monoisotopic (exact) mass is 308 g/mol. The number of aromatic amines is 1. The summed E-state index contributed by atoms with van der Waals surface area (Å²) in [6, 6.07) is 14.8. The summed E-state index contributed by atoms with van der Waals surface area (Å²) in [5, 5.41) is 13.3. The number of rotatable bonds is 4. The molecule has 0 aliphatic carbocycles. The number of fused-ring (bicyclic) bond motifs is 1. The van der Waals surface area contributed by atoms with E-state index in [1.165, 1.54) is 6.92 Å². The fraction of sp³-hybridized carbons (Fsp3) is 0.118. The second kappa shape index (κ2) is 6.31. The molecule has 1 heterocycles. The summed E-state index contributed by atoms with van der Waals surface area (Å²) in [7, 11) is 0. The van der Waals surface area contributed by atoms with Crippen molar-refractivity contribution >= 4 is 28.4 Å². The van der Waals surface area contributed by atoms with Gasteiger partial charge in [-0.05, 0) is 23.8 Å². The summed E-state index contributed by atoms with van der Waals surface area (Å²) in [6.07, 6.45) is 0. The van der Waals surface area contributed by atoms with E-state index in [2.05, 4.69) is 20.8 Å². The van der Waals surface area contributed by atoms with Gasteiger partial charge in [-0.1, -0.05) is 30.3 Å². The van der Waals surface area contributed by atoms with Gasteiger partial charge >= 0.3 is 0 Å². The van der Waals surface area contributed by atoms with Crippen LogP contribution in [0.2, 0.25) is 0 Å². The third-order valence-corrected chi connectivity index (χ3v) is 3.41. The number of nitrogens with one attached hydrogen (secondary N) is 3. The molecule has 23 heavy (non-hydrogen) atoms. The minimum Gasteiger partial charge on any atom is -0.347 e. The molecule has 2 amide bonds. The second-order valence-corrected chi connectivity index (χ2v) is 5.18. The number of carbonyl (C=O) groups is 2. The molecular weight excluding hydrogens is 292 g/mol. The van der Waals surface area contributed by atoms with E-state index in [9.17, 15) is 9.59 Å². The number of aromatic nitrogens is 2. The first-order valence-electron chi connectivity index (χ1n) is 7.21. The molecule has 3 rings (SSSR count). The Morgan fingerprint density at radius 2 is 1.83 bits per heavy atom. The highest BCUT2D eigenvalue weighted by Crippen LogP contribution is 2.15. The first-order chi connectivity index (χ1) is 11.1. The zero-order valence-electron chi connectivity index (χ0n) is 12.6. The van der Waals surface area contributed by atoms with Crippen LogP contribution in [0.5, 0.6) is 0 Å². The van der Waals surface area contributed by atoms with Crippen molar-refractivity contribution in [2.75, 3.05) is 5.32 Å². The summed E-state index contributed by atoms with van der Waals surface area (Å²) in [5.74, 6) is -0.343. The third kappa shape index (κ3) is 3.37. The number of carbonyl (C=O) groups excluding carboxylic acids is 2. The molecule has 116 valence electrons. The summed E-state index contributed by atoms with van der Waals surface area (Å²) in [4.78, 5) is 23.2. The number of nitrogens with zero attached hydrogens (tertiary/aromatic N) is 1. The van der Waals surface area contributed by atoms with Crippen LogP contribution in [0.3, 0.4) is 0 Å². The van der Waals surface area contributed by atoms with Gasteiger partial charge < -0.3 is 10.6 Å². The summed E-state index contributed by atoms with van der Waals surface area (Å²) >= 11 is 0. The molecule has 0 aliphatic heterocycles. The van der Waals surface area contributed by atoms with E-state index < -0.39 is 0 Å². The maximum absolute atomic E-state index is 12.3. The Morgan fingerprint density at radius 1 is 1.09 bits per heavy atom. The van der Waals surface area contributed by atoms with Crippen molar-refractivity contribution in [2.45, 2.75) is 13.5 Å². The standard InChI is InChI=1S/C17H16N4O2/c1-11(22)19-13-8-6-12(7-9-13)10-18-17(23)16-14-4-2-3-5-15(14)20-21-16/h2-9H,10H2,1H3,(H,18,23)(H,19,22)(H,20,21). The molecule has 0 aliphatic rings. The number of benzene rings is 2. The topological polar surface area (TPSA) is 86.9 Å². The molecule has 0 atom stereocenters. The van der Waals surface area contributed by atoms with Crippen molar-refractivity contribution in [1.82, 2.24) is 15.5 Å². The van der Waals surface area contributed by atoms with Gasteiger partial charge in [-0.15, -0.1) is 0 Å². The molecule has 0 radical (unpaired) electrons. The van der Waals surface area contributed by atoms with Gasteiger partial charge in [0.15, 0.2) is 5.69 Å². The molecule has 0 spiro atoms. The van der Waals surface area contributed by atoms with Crippen molar-refractivity contribution in [3.05, 3.63) is 59.8 Å². The van der Waals surface area contributed by atoms with Crippen LogP contribution in [0.4, 0.5) is 5.69 Å². The van der Waals surface area contributed by atoms with E-state index in [0.717, 1.165) is 22.2 Å². The predicted molar refractivity (Wildman–Crippen MR) is 88.0 cm³/mol. The summed E-state index contributed by atoms with van der Waals surface area (Å²) in [6.45, 7) is 1.85. The van der Waals surface area contributed by atoms with Crippen LogP contribution in [0, 0.1) is 0 Å². The molecule has 6 heteroatoms. The Morgan fingerprint density at radius 3 is 2.57 bits per heavy atom. The zero-order valence-corrected chi connectivity index (χ0v) is 12.6. The van der Waals surface area contributed by atoms with E-state index in [1.807, 2.05) is 36.4 Å². The fourth-order valence-corrected chi connectivity index (χ4v) is 2.31. The third-order valence-electron chi connectivity index (χ3n) is 3.41. The van der Waals surface area contributed by atoms with Crippen LogP contribution in [0.25, 0.3) is 10.9 Å². The van der Waals surface area contributed by atoms with E-state index >= 15 is 0 Å². The highest BCUT2D eigenvalue weighted by atomic mass is 16.2. The average Bonchev–Trinajstić information content (AvgIpc) is 2.97. The lowest BCUT2D eigenvalue weighted by Gasteiger charge is -2.06. The number of hydrogen-bond donors (Lipinski definition) is 3. The van der Waals surface area contributed by atoms with E-state index in [0.29, 0.717) is 12.2 Å². The van der Waals surface area contributed by atoms with Crippen LogP contribution < -0.4 is 10.6 Å². The summed E-state index contributed by atoms with van der Waals surface area (Å²) < 4.78 is 0. The van der Waals surface area contributed by atoms with E-state index in [-0.39, 0.29) is 11.8 Å². The maximum atomic E-state index is 12.3. The van der Waals surface area contributed by atoms with Crippen LogP contribution in [0.1, 0.15) is 23.0 Å². The smallest absolute Gasteiger partial charge is 0.272 e. The molecule has 3 N–H and O–H groups in total. The van der Waals surface area contributed by atoms with Crippen molar-refractivity contribution < 1.29 is 9.59 Å². The molecule has 0 saturated carbocycles. The summed E-state index contributed by atoms with van der Waals surface area (Å²) in [5.41, 5.74) is 2.88. The highest BCUT2D eigenvalue weighted by molar-refractivity contribution is 6.04. The van der Waals surface area contributed by atoms with Gasteiger partial charge in [0.25, 0.3) is 5.91 Å². The number of H-pyrrole nitrogens is 1. The molecule has 2 aromatic carbocycles. The van der Waals surface area contributed by atoms with Gasteiger partial charge in [-0.3, -0.25) is 14.7 Å². The average molecular weight is 308 g/mol. The second-order valence-electron chi connectivity index (χ2n) is 5.18. The van der Waals surface area contributed by atoms with Crippen molar-refractivity contribution in [2.24, 2.45) is 0 Å². The number of hydrogen-bond acceptors (Lipinski definition) is 3. The fourth-order valence-electron chi connectivity index (χ4n) is 2.31. The Kier molecular flexibility index (Phi) is 4.05. The first-order valence-corrected chi connectivity index (χ1v) is 7.21. The molecular formula is C17H16N4O2. The van der Waals surface area contributed by atoms with Gasteiger partial charge in [0.05, 0.1) is 5.52 Å². The maximum Gasteiger partial charge on any atom is 0.272 e. The molecule has 0 fully saturated rings. The van der Waals surface area contributed by atoms with Gasteiger partial charge in [-0.25, -0.2) is 0 Å². The highest BCUT2D eigenvalue weighted by Gasteiger charge is 2.13. The predicted octanol–water partition coefficient (Wildman–Crippen LogP) is 2.45. The normalized spacial score (nSPS) is 10.5. The molecule has 1 aromatic heterocycles. The Bertz CT molecular complexity index is 852. The molecule has 6 nitrogen and oxygen atoms in total. The van der Waals surface area contributed by atoms with E-state index in [1.54, 1.807) is 12.1 Å². The van der Waals surface area contributed by atoms with Gasteiger partial charge in [-0.2, -0.15) is 5.10 Å². The minimum absolute atomic E-state index is 0.114. The lowest BCUT2D eigenvalue weighted by atomic mass is 10.2. The van der Waals surface area contributed by atoms with Crippen LogP contribution in [-0.2, 0) is 11.3 Å².